The number of ether oxygens (including phenoxy) is 1. The van der Waals surface area contributed by atoms with Crippen LogP contribution in [0.3, 0.4) is 0 Å². The molecule has 1 aliphatic heterocycles. The van der Waals surface area contributed by atoms with Gasteiger partial charge in [0.25, 0.3) is 0 Å². The maximum atomic E-state index is 11.9. The van der Waals surface area contributed by atoms with Crippen molar-refractivity contribution in [2.24, 2.45) is 0 Å². The van der Waals surface area contributed by atoms with E-state index >= 15 is 0 Å². The molecule has 1 saturated heterocycles. The lowest BCUT2D eigenvalue weighted by Crippen LogP contribution is -2.24. The SMILES string of the molecule is O=C1CC(Br)CN1c1cccc(Oc2ccccn2)c1. The molecule has 1 unspecified atom stereocenters. The van der Waals surface area contributed by atoms with Gasteiger partial charge in [0.05, 0.1) is 0 Å². The van der Waals surface area contributed by atoms with Crippen LogP contribution in [0.15, 0.2) is 48.7 Å². The molecule has 0 saturated carbocycles. The second-order valence-corrected chi connectivity index (χ2v) is 5.87. The summed E-state index contributed by atoms with van der Waals surface area (Å²) in [5.74, 6) is 1.34. The monoisotopic (exact) mass is 332 g/mol. The predicted octanol–water partition coefficient (Wildman–Crippen LogP) is 3.37. The molecule has 0 radical (unpaired) electrons. The molecule has 0 N–H and O–H groups in total. The quantitative estimate of drug-likeness (QED) is 0.809. The molecule has 0 bridgehead atoms. The van der Waals surface area contributed by atoms with Crippen LogP contribution in [0, 0.1) is 0 Å². The van der Waals surface area contributed by atoms with E-state index in [1.54, 1.807) is 17.2 Å². The molecule has 1 amide bonds. The number of aromatic nitrogens is 1. The number of hydrogen-bond donors (Lipinski definition) is 0. The summed E-state index contributed by atoms with van der Waals surface area (Å²) in [6.45, 7) is 0.686. The van der Waals surface area contributed by atoms with Crippen molar-refractivity contribution in [3.8, 4) is 11.6 Å². The van der Waals surface area contributed by atoms with E-state index in [1.807, 2.05) is 36.4 Å². The number of carbonyl (C=O) groups excluding carboxylic acids is 1. The van der Waals surface area contributed by atoms with Crippen molar-refractivity contribution >= 4 is 27.5 Å². The van der Waals surface area contributed by atoms with E-state index in [9.17, 15) is 4.79 Å². The van der Waals surface area contributed by atoms with E-state index < -0.39 is 0 Å². The van der Waals surface area contributed by atoms with Gasteiger partial charge in [0.15, 0.2) is 0 Å². The Balaban J connectivity index is 1.81. The molecule has 2 aromatic rings. The maximum absolute atomic E-state index is 11.9. The number of halogens is 1. The Labute approximate surface area is 125 Å². The summed E-state index contributed by atoms with van der Waals surface area (Å²) in [5.41, 5.74) is 0.852. The Morgan fingerprint density at radius 2 is 2.15 bits per heavy atom. The average Bonchev–Trinajstić information content (AvgIpc) is 2.79. The number of pyridine rings is 1. The Hall–Kier alpha value is -1.88. The highest BCUT2D eigenvalue weighted by atomic mass is 79.9. The minimum Gasteiger partial charge on any atom is -0.439 e. The molecule has 2 heterocycles. The molecule has 0 spiro atoms. The van der Waals surface area contributed by atoms with Gasteiger partial charge in [-0.3, -0.25) is 4.79 Å². The number of benzene rings is 1. The molecule has 20 heavy (non-hydrogen) atoms. The molecule has 1 fully saturated rings. The third-order valence-corrected chi connectivity index (χ3v) is 3.68. The molecular formula is C15H13BrN2O2. The zero-order valence-electron chi connectivity index (χ0n) is 10.7. The van der Waals surface area contributed by atoms with E-state index in [2.05, 4.69) is 20.9 Å². The molecule has 5 heteroatoms. The van der Waals surface area contributed by atoms with Crippen LogP contribution in [-0.4, -0.2) is 22.3 Å². The van der Waals surface area contributed by atoms with Gasteiger partial charge in [0.1, 0.15) is 5.75 Å². The molecule has 0 aliphatic carbocycles. The summed E-state index contributed by atoms with van der Waals surface area (Å²) in [5, 5.41) is 0. The van der Waals surface area contributed by atoms with Gasteiger partial charge in [0.2, 0.25) is 11.8 Å². The standard InChI is InChI=1S/C15H13BrN2O2/c16-11-8-15(19)18(10-11)12-4-3-5-13(9-12)20-14-6-1-2-7-17-14/h1-7,9,11H,8,10H2. The van der Waals surface area contributed by atoms with E-state index in [0.29, 0.717) is 24.6 Å². The normalized spacial score (nSPS) is 18.4. The highest BCUT2D eigenvalue weighted by molar-refractivity contribution is 9.09. The van der Waals surface area contributed by atoms with Crippen molar-refractivity contribution in [3.63, 3.8) is 0 Å². The molecular weight excluding hydrogens is 320 g/mol. The van der Waals surface area contributed by atoms with Crippen LogP contribution < -0.4 is 9.64 Å². The van der Waals surface area contributed by atoms with Gasteiger partial charge < -0.3 is 9.64 Å². The first kappa shape index (κ1) is 13.1. The average molecular weight is 333 g/mol. The third-order valence-electron chi connectivity index (χ3n) is 3.07. The van der Waals surface area contributed by atoms with Crippen LogP contribution in [0.1, 0.15) is 6.42 Å². The number of alkyl halides is 1. The van der Waals surface area contributed by atoms with Gasteiger partial charge in [-0.1, -0.05) is 28.1 Å². The lowest BCUT2D eigenvalue weighted by molar-refractivity contribution is -0.117. The van der Waals surface area contributed by atoms with Crippen molar-refractivity contribution in [3.05, 3.63) is 48.7 Å². The van der Waals surface area contributed by atoms with Crippen LogP contribution in [0.25, 0.3) is 0 Å². The van der Waals surface area contributed by atoms with E-state index in [4.69, 9.17) is 4.74 Å². The molecule has 1 aromatic heterocycles. The summed E-state index contributed by atoms with van der Waals surface area (Å²) in [7, 11) is 0. The van der Waals surface area contributed by atoms with Gasteiger partial charge in [-0.15, -0.1) is 0 Å². The van der Waals surface area contributed by atoms with Crippen molar-refractivity contribution < 1.29 is 9.53 Å². The summed E-state index contributed by atoms with van der Waals surface area (Å²) in [6, 6.07) is 13.0. The first-order valence-corrected chi connectivity index (χ1v) is 7.27. The zero-order chi connectivity index (χ0) is 13.9. The van der Waals surface area contributed by atoms with Crippen LogP contribution >= 0.6 is 15.9 Å². The number of anilines is 1. The number of nitrogens with zero attached hydrogens (tertiary/aromatic N) is 2. The highest BCUT2D eigenvalue weighted by Crippen LogP contribution is 2.29. The summed E-state index contributed by atoms with van der Waals surface area (Å²) >= 11 is 3.48. The number of rotatable bonds is 3. The Kier molecular flexibility index (Phi) is 3.69. The fourth-order valence-electron chi connectivity index (χ4n) is 2.16. The molecule has 1 atom stereocenters. The first-order chi connectivity index (χ1) is 9.72. The van der Waals surface area contributed by atoms with Gasteiger partial charge in [-0.25, -0.2) is 4.98 Å². The highest BCUT2D eigenvalue weighted by Gasteiger charge is 2.28. The minimum atomic E-state index is 0.127. The van der Waals surface area contributed by atoms with Crippen molar-refractivity contribution in [2.45, 2.75) is 11.2 Å². The Bertz CT molecular complexity index is 618. The Morgan fingerprint density at radius 3 is 2.85 bits per heavy atom. The molecule has 3 rings (SSSR count). The van der Waals surface area contributed by atoms with Crippen LogP contribution in [0.5, 0.6) is 11.6 Å². The fourth-order valence-corrected chi connectivity index (χ4v) is 2.72. The van der Waals surface area contributed by atoms with E-state index in [0.717, 1.165) is 5.69 Å². The van der Waals surface area contributed by atoms with Crippen LogP contribution in [0.4, 0.5) is 5.69 Å². The maximum Gasteiger partial charge on any atom is 0.228 e. The summed E-state index contributed by atoms with van der Waals surface area (Å²) in [4.78, 5) is 18.0. The predicted molar refractivity (Wildman–Crippen MR) is 80.4 cm³/mol. The van der Waals surface area contributed by atoms with E-state index in [-0.39, 0.29) is 10.7 Å². The van der Waals surface area contributed by atoms with Crippen LogP contribution in [-0.2, 0) is 4.79 Å². The Morgan fingerprint density at radius 1 is 1.25 bits per heavy atom. The van der Waals surface area contributed by atoms with Crippen molar-refractivity contribution in [1.82, 2.24) is 4.98 Å². The largest absolute Gasteiger partial charge is 0.439 e. The second kappa shape index (κ2) is 5.63. The van der Waals surface area contributed by atoms with Gasteiger partial charge >= 0.3 is 0 Å². The summed E-state index contributed by atoms with van der Waals surface area (Å²) < 4.78 is 5.68. The lowest BCUT2D eigenvalue weighted by Gasteiger charge is -2.16. The van der Waals surface area contributed by atoms with Gasteiger partial charge in [-0.05, 0) is 18.2 Å². The first-order valence-electron chi connectivity index (χ1n) is 6.36. The van der Waals surface area contributed by atoms with Crippen LogP contribution in [0.2, 0.25) is 0 Å². The molecule has 102 valence electrons. The van der Waals surface area contributed by atoms with Gasteiger partial charge in [-0.2, -0.15) is 0 Å². The van der Waals surface area contributed by atoms with Gasteiger partial charge in [0, 0.05) is 41.8 Å². The zero-order valence-corrected chi connectivity index (χ0v) is 12.3. The molecule has 1 aromatic carbocycles. The summed E-state index contributed by atoms with van der Waals surface area (Å²) in [6.07, 6.45) is 2.21. The molecule has 4 nitrogen and oxygen atoms in total. The number of amides is 1. The number of carbonyl (C=O) groups is 1. The van der Waals surface area contributed by atoms with Crippen molar-refractivity contribution in [1.29, 1.82) is 0 Å². The fraction of sp³-hybridized carbons (Fsp3) is 0.200. The molecule has 1 aliphatic rings. The minimum absolute atomic E-state index is 0.127. The third kappa shape index (κ3) is 2.82. The smallest absolute Gasteiger partial charge is 0.228 e. The number of hydrogen-bond acceptors (Lipinski definition) is 3. The lowest BCUT2D eigenvalue weighted by atomic mass is 10.3. The van der Waals surface area contributed by atoms with E-state index in [1.165, 1.54) is 0 Å². The van der Waals surface area contributed by atoms with Crippen molar-refractivity contribution in [2.75, 3.05) is 11.4 Å². The second-order valence-electron chi connectivity index (χ2n) is 4.57. The topological polar surface area (TPSA) is 42.4 Å².